The van der Waals surface area contributed by atoms with E-state index < -0.39 is 11.9 Å². The Morgan fingerprint density at radius 3 is 0.820 bits per heavy atom. The first-order valence-corrected chi connectivity index (χ1v) is 50.6. The average Bonchev–Trinajstić information content (AvgIpc) is 0.888. The Bertz CT molecular complexity index is 2610. The fraction of sp³-hybridized carbons (Fsp3) is 0.702. The number of esters is 4. The largest absolute Gasteiger partial charge is 0.428 e. The average molecular weight is 2110 g/mol. The monoisotopic (exact) mass is 2110 g/mol. The summed E-state index contributed by atoms with van der Waals surface area (Å²) in [4.78, 5) is 42.5. The van der Waals surface area contributed by atoms with Crippen LogP contribution >= 0.6 is 0 Å². The third-order valence-electron chi connectivity index (χ3n) is 19.3. The van der Waals surface area contributed by atoms with E-state index in [2.05, 4.69) is 211 Å². The molecule has 1 unspecified atom stereocenters. The first-order valence-electron chi connectivity index (χ1n) is 50.6. The maximum Gasteiger partial charge on any atom is 0.340 e. The molecular formula is C114H214O16Y3. The van der Waals surface area contributed by atoms with Crippen molar-refractivity contribution >= 4 is 23.9 Å². The number of carbonyl (C=O) groups excluding carboxylic acids is 4. The molecule has 10 rings (SSSR count). The summed E-state index contributed by atoms with van der Waals surface area (Å²) in [7, 11) is 4.00. The minimum absolute atomic E-state index is 0. The third kappa shape index (κ3) is 149. The smallest absolute Gasteiger partial charge is 0.340 e. The van der Waals surface area contributed by atoms with Crippen LogP contribution in [-0.4, -0.2) is 136 Å². The number of hydrogen-bond donors (Lipinski definition) is 6. The molecule has 0 heterocycles. The second-order valence-corrected chi connectivity index (χ2v) is 32.6. The molecule has 16 nitrogen and oxygen atoms in total. The van der Waals surface area contributed by atoms with E-state index in [0.717, 1.165) is 103 Å². The maximum absolute atomic E-state index is 11.2. The van der Waals surface area contributed by atoms with Gasteiger partial charge in [0.2, 0.25) is 13.6 Å². The van der Waals surface area contributed by atoms with Crippen molar-refractivity contribution in [3.05, 3.63) is 179 Å². The molecule has 133 heavy (non-hydrogen) atoms. The van der Waals surface area contributed by atoms with Crippen molar-refractivity contribution < 1.29 is 176 Å². The van der Waals surface area contributed by atoms with Gasteiger partial charge in [-0.3, -0.25) is 14.4 Å². The number of aliphatic hydroxyl groups is 6. The Morgan fingerprint density at radius 2 is 0.624 bits per heavy atom. The second kappa shape index (κ2) is 144. The molecule has 5 aromatic carbocycles. The van der Waals surface area contributed by atoms with E-state index in [0.29, 0.717) is 30.4 Å². The van der Waals surface area contributed by atoms with E-state index >= 15 is 0 Å². The van der Waals surface area contributed by atoms with Crippen LogP contribution in [0.25, 0.3) is 0 Å². The molecule has 1 atom stereocenters. The van der Waals surface area contributed by atoms with Crippen LogP contribution in [0.5, 0.6) is 0 Å². The van der Waals surface area contributed by atoms with Gasteiger partial charge >= 0.3 is 23.9 Å². The number of benzene rings is 5. The van der Waals surface area contributed by atoms with Crippen LogP contribution in [0.3, 0.4) is 0 Å². The second-order valence-electron chi connectivity index (χ2n) is 32.6. The van der Waals surface area contributed by atoms with Gasteiger partial charge in [-0.25, -0.2) is 4.79 Å². The molecule has 0 aliphatic heterocycles. The van der Waals surface area contributed by atoms with Gasteiger partial charge in [0, 0.05) is 179 Å². The van der Waals surface area contributed by atoms with Gasteiger partial charge in [0.05, 0.1) is 11.7 Å². The van der Waals surface area contributed by atoms with Gasteiger partial charge in [-0.1, -0.05) is 461 Å². The summed E-state index contributed by atoms with van der Waals surface area (Å²) in [5, 5.41) is 43.1. The van der Waals surface area contributed by atoms with E-state index in [4.69, 9.17) is 40.1 Å². The van der Waals surface area contributed by atoms with Gasteiger partial charge in [-0.15, -0.1) is 0 Å². The fourth-order valence-electron chi connectivity index (χ4n) is 12.0. The van der Waals surface area contributed by atoms with Crippen LogP contribution in [0.1, 0.15) is 405 Å². The Balaban J connectivity index is -0.0000000864. The standard InChI is InChI=1S/C15H28.C10H10O4.C8H18O.C8H16.C8H10.C7H12O4.2C7H14.3C7H8.C4H10O.3C3H8.2C2H6O.C2H6.4CH4O.3Y/c1-12-3-7-14(8-4-12)11-15-9-5-13(2)6-10-15;1-8(11)13-7-14-10(12)9-5-3-2-4-6-9;1-5-8(4)9-6-7(2)3;2*1-2-8-6-4-3-5-7-8;1-3-6(8)10-5-11-7(9)4-2;5*1-7-5-3-2-4-6-7;1-3-5-4-2;3*1-3-2;2*1-2-3;5*1-2;;;/h12-15H,3-11H2,1-2H3;2-6H,7H2,1H3;7-8H,5-6H2,1-4H3;8H,2-7H2,1H3;3-7H,2H2,1H3;3-5H2,1-2H3;2*7H,2-6H2,1H3;3*2-6H,1H3;3-4H2,1-2H3;3*3H2,1-2H3;2*3H,2H2,1H3;1-2H3;4*2H,1H3;;;. The predicted molar refractivity (Wildman–Crippen MR) is 564 cm³/mol. The Hall–Kier alpha value is -3.03. The first kappa shape index (κ1) is 164. The zero-order valence-corrected chi connectivity index (χ0v) is 101. The first-order chi connectivity index (χ1) is 62.6. The number of aliphatic hydroxyl groups excluding tert-OH is 6. The van der Waals surface area contributed by atoms with E-state index in [1.54, 1.807) is 64.4 Å². The number of ether oxygens (including phenoxy) is 6. The quantitative estimate of drug-likeness (QED) is 0.0374. The molecule has 0 spiro atoms. The minimum Gasteiger partial charge on any atom is -0.428 e. The van der Waals surface area contributed by atoms with Crippen LogP contribution in [0.4, 0.5) is 0 Å². The van der Waals surface area contributed by atoms with Gasteiger partial charge in [-0.2, -0.15) is 0 Å². The molecule has 0 aromatic heterocycles. The summed E-state index contributed by atoms with van der Waals surface area (Å²) >= 11 is 0. The zero-order chi connectivity index (χ0) is 102. The number of rotatable bonds is 17. The van der Waals surface area contributed by atoms with Gasteiger partial charge in [0.15, 0.2) is 0 Å². The molecule has 5 aromatic rings. The summed E-state index contributed by atoms with van der Waals surface area (Å²) in [6.45, 7) is 60.1. The number of hydrogen-bond acceptors (Lipinski definition) is 16. The Kier molecular flexibility index (Phi) is 177. The van der Waals surface area contributed by atoms with E-state index in [1.165, 1.54) is 203 Å². The van der Waals surface area contributed by atoms with Crippen LogP contribution in [0.2, 0.25) is 0 Å². The number of carbonyl (C=O) groups is 4. The van der Waals surface area contributed by atoms with Crippen molar-refractivity contribution in [3.8, 4) is 0 Å². The van der Waals surface area contributed by atoms with Crippen molar-refractivity contribution in [3.63, 3.8) is 0 Å². The van der Waals surface area contributed by atoms with Crippen molar-refractivity contribution in [2.75, 3.05) is 75.1 Å². The summed E-state index contributed by atoms with van der Waals surface area (Å²) < 4.78 is 28.4. The van der Waals surface area contributed by atoms with Crippen LogP contribution in [0, 0.1) is 68.1 Å². The van der Waals surface area contributed by atoms with Gasteiger partial charge in [0.25, 0.3) is 0 Å². The molecule has 0 bridgehead atoms. The molecule has 19 heteroatoms. The molecule has 5 aliphatic rings. The molecular weight excluding hydrogens is 1890 g/mol. The van der Waals surface area contributed by atoms with Gasteiger partial charge < -0.3 is 59.1 Å². The normalized spacial score (nSPS) is 14.7. The van der Waals surface area contributed by atoms with Crippen molar-refractivity contribution in [1.29, 1.82) is 0 Å². The van der Waals surface area contributed by atoms with E-state index in [9.17, 15) is 19.2 Å². The summed E-state index contributed by atoms with van der Waals surface area (Å²) in [5.74, 6) is 6.34. The maximum atomic E-state index is 11.2. The Labute approximate surface area is 899 Å². The van der Waals surface area contributed by atoms with Crippen molar-refractivity contribution in [2.45, 2.75) is 405 Å². The van der Waals surface area contributed by atoms with Gasteiger partial charge in [0.1, 0.15) is 0 Å². The van der Waals surface area contributed by atoms with Crippen LogP contribution < -0.4 is 0 Å². The molecule has 0 amide bonds. The predicted octanol–water partition coefficient (Wildman–Crippen LogP) is 30.8. The molecule has 5 fully saturated rings. The zero-order valence-electron chi connectivity index (χ0n) is 92.2. The molecule has 0 saturated heterocycles. The summed E-state index contributed by atoms with van der Waals surface area (Å²) in [5.41, 5.74) is 5.81. The molecule has 5 saturated carbocycles. The third-order valence-corrected chi connectivity index (χ3v) is 19.3. The fourth-order valence-corrected chi connectivity index (χ4v) is 12.0. The Morgan fingerprint density at radius 1 is 0.361 bits per heavy atom. The van der Waals surface area contributed by atoms with Crippen molar-refractivity contribution in [2.24, 2.45) is 47.3 Å². The molecule has 5 aliphatic carbocycles. The van der Waals surface area contributed by atoms with Gasteiger partial charge in [-0.05, 0) is 140 Å². The van der Waals surface area contributed by atoms with E-state index in [-0.39, 0.29) is 137 Å². The van der Waals surface area contributed by atoms with Crippen LogP contribution in [0.15, 0.2) is 152 Å². The summed E-state index contributed by atoms with van der Waals surface area (Å²) in [6, 6.07) is 49.7. The van der Waals surface area contributed by atoms with E-state index in [1.807, 2.05) is 88.4 Å². The van der Waals surface area contributed by atoms with Crippen molar-refractivity contribution in [1.82, 2.24) is 0 Å². The molecule has 3 radical (unpaired) electrons. The molecule has 775 valence electrons. The SMILES string of the molecule is CC.CC(=O)OCOC(=O)c1ccccc1.CC1CCC(CC2CCC(C)CC2)CC1.CC1CCCCC1.CC1CCCCC1.CCC.CCC.CCC.CCC(=O)OCOC(=O)CC.CCC(C)OCC(C)C.CCC1CCCCC1.CCO.CCO.CCOCC.CCc1ccccc1.CO.CO.CO.CO.Cc1ccccc1.Cc1ccccc1.Cc1ccccc1.[Y].[Y].[Y]. The number of aryl methyl sites for hydroxylation is 4. The topological polar surface area (TPSA) is 245 Å². The van der Waals surface area contributed by atoms with Crippen LogP contribution in [-0.2, 0) is 147 Å². The molecule has 6 N–H and O–H groups in total. The minimum atomic E-state index is -0.508. The summed E-state index contributed by atoms with van der Waals surface area (Å²) in [6.07, 6.45) is 44.6.